The van der Waals surface area contributed by atoms with Crippen molar-refractivity contribution >= 4 is 56.9 Å². The minimum absolute atomic E-state index is 0.109. The van der Waals surface area contributed by atoms with Gasteiger partial charge < -0.3 is 19.0 Å². The van der Waals surface area contributed by atoms with Crippen molar-refractivity contribution in [3.05, 3.63) is 104 Å². The van der Waals surface area contributed by atoms with Crippen LogP contribution in [0.2, 0.25) is 5.02 Å². The van der Waals surface area contributed by atoms with Crippen LogP contribution in [0.1, 0.15) is 16.7 Å². The summed E-state index contributed by atoms with van der Waals surface area (Å²) in [5, 5.41) is 4.76. The minimum atomic E-state index is -0.792. The maximum atomic E-state index is 12.8. The molecule has 0 N–H and O–H groups in total. The van der Waals surface area contributed by atoms with E-state index in [1.165, 1.54) is 27.4 Å². The second-order valence-electron chi connectivity index (χ2n) is 8.29. The number of fused-ring (bicyclic) bond motifs is 1. The molecule has 0 aliphatic heterocycles. The van der Waals surface area contributed by atoms with Gasteiger partial charge in [0.05, 0.1) is 31.0 Å². The number of aromatic nitrogens is 1. The van der Waals surface area contributed by atoms with Gasteiger partial charge in [-0.05, 0) is 48.0 Å². The van der Waals surface area contributed by atoms with Gasteiger partial charge in [-0.2, -0.15) is 0 Å². The lowest BCUT2D eigenvalue weighted by atomic mass is 10.0. The molecule has 0 unspecified atom stereocenters. The molecule has 40 heavy (non-hydrogen) atoms. The molecular formula is C29H25ClN2O7S. The van der Waals surface area contributed by atoms with Crippen molar-refractivity contribution in [1.82, 2.24) is 4.57 Å². The molecule has 0 aliphatic carbocycles. The Labute approximate surface area is 238 Å². The number of esters is 2. The van der Waals surface area contributed by atoms with Crippen LogP contribution >= 0.6 is 22.9 Å². The predicted octanol–water partition coefficient (Wildman–Crippen LogP) is 4.92. The lowest BCUT2D eigenvalue weighted by Gasteiger charge is -2.09. The topological polar surface area (TPSA) is 105 Å². The van der Waals surface area contributed by atoms with Crippen molar-refractivity contribution in [2.24, 2.45) is 5.16 Å². The van der Waals surface area contributed by atoms with Gasteiger partial charge in [-0.15, -0.1) is 0 Å². The van der Waals surface area contributed by atoms with E-state index >= 15 is 0 Å². The Bertz CT molecular complexity index is 1640. The van der Waals surface area contributed by atoms with Gasteiger partial charge >= 0.3 is 16.8 Å². The number of carbonyl (C=O) groups excluding carboxylic acids is 2. The molecule has 4 aromatic rings. The summed E-state index contributed by atoms with van der Waals surface area (Å²) in [6.45, 7) is 0.582. The van der Waals surface area contributed by atoms with Crippen molar-refractivity contribution in [2.75, 3.05) is 27.9 Å². The van der Waals surface area contributed by atoms with Crippen molar-refractivity contribution in [3.63, 3.8) is 0 Å². The molecule has 1 heterocycles. The van der Waals surface area contributed by atoms with Gasteiger partial charge in [-0.3, -0.25) is 9.36 Å². The summed E-state index contributed by atoms with van der Waals surface area (Å²) in [7, 11) is 3.85. The quantitative estimate of drug-likeness (QED) is 0.0654. The van der Waals surface area contributed by atoms with E-state index in [-0.39, 0.29) is 17.1 Å². The number of benzene rings is 3. The van der Waals surface area contributed by atoms with E-state index in [1.807, 2.05) is 30.3 Å². The first-order chi connectivity index (χ1) is 19.3. The number of ether oxygens (including phenoxy) is 3. The van der Waals surface area contributed by atoms with Crippen LogP contribution in [0.5, 0.6) is 5.75 Å². The van der Waals surface area contributed by atoms with E-state index in [2.05, 4.69) is 14.6 Å². The highest BCUT2D eigenvalue weighted by Gasteiger charge is 2.19. The molecule has 0 saturated carbocycles. The van der Waals surface area contributed by atoms with Crippen LogP contribution in [0.15, 0.2) is 82.3 Å². The SMILES string of the molecule is CON=C(c1cccc(Cl)c1)c1ccc2c(c1)sc(=O)n2CCOc1ccc(C=C(C(=O)OC)C(=O)OC)cc1. The van der Waals surface area contributed by atoms with Crippen molar-refractivity contribution in [1.29, 1.82) is 0 Å². The Kier molecular flexibility index (Phi) is 9.36. The summed E-state index contributed by atoms with van der Waals surface area (Å²) in [6.07, 6.45) is 1.38. The molecule has 0 amide bonds. The Hall–Kier alpha value is -4.41. The van der Waals surface area contributed by atoms with Gasteiger partial charge in [0.15, 0.2) is 0 Å². The third-order valence-corrected chi connectivity index (χ3v) is 6.98. The fraction of sp³-hybridized carbons (Fsp3) is 0.172. The van der Waals surface area contributed by atoms with Gasteiger partial charge in [0.25, 0.3) is 0 Å². The molecule has 9 nitrogen and oxygen atoms in total. The molecular weight excluding hydrogens is 556 g/mol. The molecule has 4 rings (SSSR count). The normalized spacial score (nSPS) is 11.2. The zero-order chi connectivity index (χ0) is 28.6. The molecule has 0 bridgehead atoms. The van der Waals surface area contributed by atoms with Crippen LogP contribution in [0, 0.1) is 0 Å². The van der Waals surface area contributed by atoms with E-state index in [0.29, 0.717) is 28.6 Å². The first-order valence-electron chi connectivity index (χ1n) is 12.0. The highest BCUT2D eigenvalue weighted by Crippen LogP contribution is 2.23. The van der Waals surface area contributed by atoms with Crippen LogP contribution in [-0.2, 0) is 30.4 Å². The molecule has 0 radical (unpaired) electrons. The largest absolute Gasteiger partial charge is 0.492 e. The van der Waals surface area contributed by atoms with Crippen LogP contribution in [-0.4, -0.2) is 50.2 Å². The van der Waals surface area contributed by atoms with Crippen LogP contribution in [0.25, 0.3) is 16.3 Å². The van der Waals surface area contributed by atoms with E-state index in [4.69, 9.17) is 21.2 Å². The van der Waals surface area contributed by atoms with Gasteiger partial charge in [-0.25, -0.2) is 9.59 Å². The fourth-order valence-electron chi connectivity index (χ4n) is 3.93. The Balaban J connectivity index is 1.48. The number of thiazole rings is 1. The maximum absolute atomic E-state index is 12.8. The average molecular weight is 581 g/mol. The highest BCUT2D eigenvalue weighted by molar-refractivity contribution is 7.16. The number of halogens is 1. The predicted molar refractivity (Wildman–Crippen MR) is 154 cm³/mol. The molecule has 11 heteroatoms. The van der Waals surface area contributed by atoms with Crippen LogP contribution in [0.4, 0.5) is 0 Å². The number of hydrogen-bond acceptors (Lipinski definition) is 9. The second kappa shape index (κ2) is 13.1. The van der Waals surface area contributed by atoms with E-state index in [9.17, 15) is 14.4 Å². The standard InChI is InChI=1S/C29H25ClN2O7S/c1-36-27(33)23(28(34)37-2)15-18-7-10-22(11-8-18)39-14-13-32-24-12-9-20(17-25(24)40-29(32)35)26(31-38-3)19-5-4-6-21(30)16-19/h4-12,15-17H,13-14H2,1-3H3. The number of nitrogens with zero attached hydrogens (tertiary/aromatic N) is 2. The third kappa shape index (κ3) is 6.59. The summed E-state index contributed by atoms with van der Waals surface area (Å²) >= 11 is 7.30. The summed E-state index contributed by atoms with van der Waals surface area (Å²) < 4.78 is 17.6. The number of rotatable bonds is 10. The Morgan fingerprint density at radius 3 is 2.30 bits per heavy atom. The van der Waals surface area contributed by atoms with Gasteiger partial charge in [-0.1, -0.05) is 58.4 Å². The first kappa shape index (κ1) is 28.6. The summed E-state index contributed by atoms with van der Waals surface area (Å²) in [6, 6.07) is 19.7. The number of carbonyl (C=O) groups is 2. The molecule has 206 valence electrons. The number of hydrogen-bond donors (Lipinski definition) is 0. The molecule has 3 aromatic carbocycles. The third-order valence-electron chi connectivity index (χ3n) is 5.81. The maximum Gasteiger partial charge on any atom is 0.345 e. The second-order valence-corrected chi connectivity index (χ2v) is 9.72. The average Bonchev–Trinajstić information content (AvgIpc) is 3.28. The zero-order valence-corrected chi connectivity index (χ0v) is 23.5. The van der Waals surface area contributed by atoms with E-state index < -0.39 is 11.9 Å². The van der Waals surface area contributed by atoms with Crippen LogP contribution in [0.3, 0.4) is 0 Å². The highest BCUT2D eigenvalue weighted by atomic mass is 35.5. The van der Waals surface area contributed by atoms with Gasteiger partial charge in [0.2, 0.25) is 0 Å². The summed E-state index contributed by atoms with van der Waals surface area (Å²) in [5.74, 6) is -1.02. The molecule has 1 aromatic heterocycles. The van der Waals surface area contributed by atoms with Crippen molar-refractivity contribution in [3.8, 4) is 5.75 Å². The lowest BCUT2D eigenvalue weighted by Crippen LogP contribution is -2.17. The number of methoxy groups -OCH3 is 2. The molecule has 0 atom stereocenters. The zero-order valence-electron chi connectivity index (χ0n) is 21.9. The van der Waals surface area contributed by atoms with E-state index in [0.717, 1.165) is 32.7 Å². The number of oxime groups is 1. The Morgan fingerprint density at radius 1 is 0.950 bits per heavy atom. The molecule has 0 spiro atoms. The van der Waals surface area contributed by atoms with Crippen LogP contribution < -0.4 is 9.61 Å². The van der Waals surface area contributed by atoms with Gasteiger partial charge in [0.1, 0.15) is 30.8 Å². The minimum Gasteiger partial charge on any atom is -0.492 e. The smallest absolute Gasteiger partial charge is 0.345 e. The van der Waals surface area contributed by atoms with Crippen molar-refractivity contribution in [2.45, 2.75) is 6.54 Å². The molecule has 0 aliphatic rings. The monoisotopic (exact) mass is 580 g/mol. The summed E-state index contributed by atoms with van der Waals surface area (Å²) in [5.41, 5.74) is 3.33. The fourth-order valence-corrected chi connectivity index (χ4v) is 5.07. The Morgan fingerprint density at radius 2 is 1.65 bits per heavy atom. The first-order valence-corrected chi connectivity index (χ1v) is 13.2. The molecule has 0 fully saturated rings. The van der Waals surface area contributed by atoms with E-state index in [1.54, 1.807) is 41.0 Å². The van der Waals surface area contributed by atoms with Gasteiger partial charge in [0, 0.05) is 16.1 Å². The summed E-state index contributed by atoms with van der Waals surface area (Å²) in [4.78, 5) is 41.5. The molecule has 0 saturated heterocycles. The van der Waals surface area contributed by atoms with Crippen molar-refractivity contribution < 1.29 is 28.6 Å². The lowest BCUT2D eigenvalue weighted by molar-refractivity contribution is -0.143.